The van der Waals surface area contributed by atoms with Crippen LogP contribution in [0.3, 0.4) is 0 Å². The smallest absolute Gasteiger partial charge is 0.156 e. The zero-order valence-corrected chi connectivity index (χ0v) is 11.3. The Bertz CT molecular complexity index is 527. The van der Waals surface area contributed by atoms with Gasteiger partial charge in [-0.1, -0.05) is 23.2 Å². The van der Waals surface area contributed by atoms with E-state index in [1.807, 2.05) is 12.3 Å². The fourth-order valence-electron chi connectivity index (χ4n) is 0.997. The van der Waals surface area contributed by atoms with E-state index in [4.69, 9.17) is 28.9 Å². The van der Waals surface area contributed by atoms with Gasteiger partial charge in [-0.2, -0.15) is 0 Å². The van der Waals surface area contributed by atoms with E-state index in [1.54, 1.807) is 17.4 Å². The molecule has 0 saturated carbocycles. The minimum atomic E-state index is 0.279. The third kappa shape index (κ3) is 2.60. The van der Waals surface area contributed by atoms with Crippen LogP contribution in [-0.2, 0) is 0 Å². The number of anilines is 1. The van der Waals surface area contributed by atoms with Crippen LogP contribution in [0, 0.1) is 6.92 Å². The molecule has 0 bridgehead atoms. The molecule has 84 valence electrons. The fourth-order valence-corrected chi connectivity index (χ4v) is 3.22. The van der Waals surface area contributed by atoms with Gasteiger partial charge in [-0.3, -0.25) is 0 Å². The van der Waals surface area contributed by atoms with E-state index in [1.165, 1.54) is 11.8 Å². The largest absolute Gasteiger partial charge is 0.382 e. The van der Waals surface area contributed by atoms with Gasteiger partial charge in [-0.15, -0.1) is 11.3 Å². The lowest BCUT2D eigenvalue weighted by atomic mass is 10.5. The standard InChI is InChI=1S/C9H7Cl2N3S2/c1-4-3-15-9(13-4)16-8-6(11)2-5(10)7(12)14-8/h2-3H,1H3,(H2,12,14). The molecule has 7 heteroatoms. The van der Waals surface area contributed by atoms with Crippen molar-refractivity contribution < 1.29 is 0 Å². The van der Waals surface area contributed by atoms with Gasteiger partial charge in [0.05, 0.1) is 10.0 Å². The first-order valence-corrected chi connectivity index (χ1v) is 6.73. The van der Waals surface area contributed by atoms with E-state index in [0.29, 0.717) is 15.1 Å². The second-order valence-electron chi connectivity index (χ2n) is 3.00. The van der Waals surface area contributed by atoms with Gasteiger partial charge >= 0.3 is 0 Å². The van der Waals surface area contributed by atoms with Crippen molar-refractivity contribution in [1.29, 1.82) is 0 Å². The maximum atomic E-state index is 6.01. The second-order valence-corrected chi connectivity index (χ2v) is 5.91. The normalized spacial score (nSPS) is 10.7. The third-order valence-corrected chi connectivity index (χ3v) is 4.47. The van der Waals surface area contributed by atoms with Crippen LogP contribution in [0.4, 0.5) is 5.82 Å². The Morgan fingerprint density at radius 2 is 2.06 bits per heavy atom. The lowest BCUT2D eigenvalue weighted by Gasteiger charge is -2.03. The Morgan fingerprint density at radius 3 is 2.69 bits per heavy atom. The zero-order chi connectivity index (χ0) is 11.7. The van der Waals surface area contributed by atoms with Crippen molar-refractivity contribution in [2.24, 2.45) is 0 Å². The highest BCUT2D eigenvalue weighted by atomic mass is 35.5. The number of aryl methyl sites for hydroxylation is 1. The van der Waals surface area contributed by atoms with Gasteiger partial charge in [-0.05, 0) is 24.8 Å². The van der Waals surface area contributed by atoms with Crippen LogP contribution < -0.4 is 5.73 Å². The molecule has 0 aliphatic carbocycles. The summed E-state index contributed by atoms with van der Waals surface area (Å²) in [5.74, 6) is 0.279. The average Bonchev–Trinajstić information content (AvgIpc) is 2.60. The van der Waals surface area contributed by atoms with Crippen molar-refractivity contribution in [2.75, 3.05) is 5.73 Å². The van der Waals surface area contributed by atoms with E-state index in [2.05, 4.69) is 9.97 Å². The molecule has 0 fully saturated rings. The summed E-state index contributed by atoms with van der Waals surface area (Å²) in [6, 6.07) is 1.59. The molecule has 0 radical (unpaired) electrons. The average molecular weight is 292 g/mol. The molecule has 2 aromatic heterocycles. The second kappa shape index (κ2) is 4.79. The molecule has 0 atom stereocenters. The van der Waals surface area contributed by atoms with Crippen molar-refractivity contribution in [3.05, 3.63) is 27.2 Å². The molecule has 2 heterocycles. The van der Waals surface area contributed by atoms with E-state index < -0.39 is 0 Å². The molecule has 0 spiro atoms. The van der Waals surface area contributed by atoms with E-state index in [9.17, 15) is 0 Å². The maximum Gasteiger partial charge on any atom is 0.156 e. The molecule has 16 heavy (non-hydrogen) atoms. The maximum absolute atomic E-state index is 6.01. The number of nitrogens with two attached hydrogens (primary N) is 1. The van der Waals surface area contributed by atoms with E-state index in [0.717, 1.165) is 10.0 Å². The van der Waals surface area contributed by atoms with Gasteiger partial charge in [0.15, 0.2) is 4.34 Å². The lowest BCUT2D eigenvalue weighted by molar-refractivity contribution is 1.12. The predicted molar refractivity (Wildman–Crippen MR) is 69.6 cm³/mol. The SMILES string of the molecule is Cc1csc(Sc2nc(N)c(Cl)cc2Cl)n1. The Morgan fingerprint density at radius 1 is 1.31 bits per heavy atom. The summed E-state index contributed by atoms with van der Waals surface area (Å²) < 4.78 is 0.883. The van der Waals surface area contributed by atoms with Gasteiger partial charge in [-0.25, -0.2) is 9.97 Å². The highest BCUT2D eigenvalue weighted by Gasteiger charge is 2.10. The Labute approximate surface area is 111 Å². The number of halogens is 2. The molecule has 0 unspecified atom stereocenters. The van der Waals surface area contributed by atoms with Crippen molar-refractivity contribution in [1.82, 2.24) is 9.97 Å². The predicted octanol–water partition coefficient (Wildman–Crippen LogP) is 3.89. The third-order valence-electron chi connectivity index (χ3n) is 1.71. The van der Waals surface area contributed by atoms with Crippen LogP contribution in [0.25, 0.3) is 0 Å². The van der Waals surface area contributed by atoms with Gasteiger partial charge in [0.2, 0.25) is 0 Å². The molecular weight excluding hydrogens is 285 g/mol. The molecule has 0 saturated heterocycles. The fraction of sp³-hybridized carbons (Fsp3) is 0.111. The Kier molecular flexibility index (Phi) is 3.59. The quantitative estimate of drug-likeness (QED) is 0.912. The zero-order valence-electron chi connectivity index (χ0n) is 8.20. The minimum Gasteiger partial charge on any atom is -0.382 e. The number of rotatable bonds is 2. The molecule has 2 N–H and O–H groups in total. The summed E-state index contributed by atoms with van der Waals surface area (Å²) in [5, 5.41) is 3.44. The van der Waals surface area contributed by atoms with Crippen LogP contribution in [0.2, 0.25) is 10.0 Å². The van der Waals surface area contributed by atoms with Crippen LogP contribution in [-0.4, -0.2) is 9.97 Å². The van der Waals surface area contributed by atoms with Crippen LogP contribution in [0.5, 0.6) is 0 Å². The summed E-state index contributed by atoms with van der Waals surface area (Å²) in [4.78, 5) is 8.43. The number of nitrogens with zero attached hydrogens (tertiary/aromatic N) is 2. The van der Waals surface area contributed by atoms with Crippen LogP contribution in [0.15, 0.2) is 20.8 Å². The number of pyridine rings is 1. The molecule has 0 aromatic carbocycles. The van der Waals surface area contributed by atoms with Gasteiger partial charge in [0, 0.05) is 11.1 Å². The van der Waals surface area contributed by atoms with E-state index in [-0.39, 0.29) is 5.82 Å². The number of aromatic nitrogens is 2. The van der Waals surface area contributed by atoms with Crippen LogP contribution in [0.1, 0.15) is 5.69 Å². The summed E-state index contributed by atoms with van der Waals surface area (Å²) in [5.41, 5.74) is 6.59. The van der Waals surface area contributed by atoms with Gasteiger partial charge in [0.1, 0.15) is 10.8 Å². The van der Waals surface area contributed by atoms with Crippen molar-refractivity contribution in [3.8, 4) is 0 Å². The van der Waals surface area contributed by atoms with E-state index >= 15 is 0 Å². The Balaban J connectivity index is 2.31. The summed E-state index contributed by atoms with van der Waals surface area (Å²) in [6.07, 6.45) is 0. The lowest BCUT2D eigenvalue weighted by Crippen LogP contribution is -1.93. The first-order chi connectivity index (χ1) is 7.56. The van der Waals surface area contributed by atoms with Gasteiger partial charge in [0.25, 0.3) is 0 Å². The van der Waals surface area contributed by atoms with Gasteiger partial charge < -0.3 is 5.73 Å². The number of hydrogen-bond acceptors (Lipinski definition) is 5. The van der Waals surface area contributed by atoms with Crippen molar-refractivity contribution >= 4 is 52.1 Å². The number of hydrogen-bond donors (Lipinski definition) is 1. The molecule has 2 aromatic rings. The number of thiazole rings is 1. The highest BCUT2D eigenvalue weighted by molar-refractivity contribution is 8.01. The van der Waals surface area contributed by atoms with Crippen molar-refractivity contribution in [3.63, 3.8) is 0 Å². The molecule has 0 aliphatic heterocycles. The summed E-state index contributed by atoms with van der Waals surface area (Å²) in [7, 11) is 0. The molecule has 0 aliphatic rings. The first kappa shape index (κ1) is 12.0. The molecular formula is C9H7Cl2N3S2. The molecule has 0 amide bonds. The first-order valence-electron chi connectivity index (χ1n) is 4.28. The monoisotopic (exact) mass is 291 g/mol. The number of nitrogen functional groups attached to an aromatic ring is 1. The molecule has 3 nitrogen and oxygen atoms in total. The highest BCUT2D eigenvalue weighted by Crippen LogP contribution is 2.36. The Hall–Kier alpha value is -0.490. The summed E-state index contributed by atoms with van der Waals surface area (Å²) >= 11 is 14.7. The topological polar surface area (TPSA) is 51.8 Å². The molecule has 2 rings (SSSR count). The van der Waals surface area contributed by atoms with Crippen molar-refractivity contribution in [2.45, 2.75) is 16.3 Å². The summed E-state index contributed by atoms with van der Waals surface area (Å²) in [6.45, 7) is 1.94. The minimum absolute atomic E-state index is 0.279. The van der Waals surface area contributed by atoms with Crippen LogP contribution >= 0.6 is 46.3 Å².